The van der Waals surface area contributed by atoms with Crippen LogP contribution in [0.3, 0.4) is 0 Å². The topological polar surface area (TPSA) is 48.9 Å². The SMILES string of the molecule is CCNC(=NCCCN(C)CCOC)NC1CCC(SC)C1.I. The predicted octanol–water partition coefficient (Wildman–Crippen LogP) is 2.41. The van der Waals surface area contributed by atoms with Crippen molar-refractivity contribution in [3.63, 3.8) is 0 Å². The third-order valence-electron chi connectivity index (χ3n) is 4.05. The molecule has 1 aliphatic rings. The summed E-state index contributed by atoms with van der Waals surface area (Å²) in [5.74, 6) is 0.980. The second-order valence-electron chi connectivity index (χ2n) is 5.92. The van der Waals surface area contributed by atoms with Gasteiger partial charge in [0.1, 0.15) is 0 Å². The third-order valence-corrected chi connectivity index (χ3v) is 5.14. The van der Waals surface area contributed by atoms with Gasteiger partial charge in [-0.25, -0.2) is 0 Å². The lowest BCUT2D eigenvalue weighted by molar-refractivity contribution is 0.161. The Bertz CT molecular complexity index is 320. The summed E-state index contributed by atoms with van der Waals surface area (Å²) in [6.07, 6.45) is 7.13. The number of methoxy groups -OCH3 is 1. The van der Waals surface area contributed by atoms with Crippen LogP contribution in [0.5, 0.6) is 0 Å². The molecule has 2 unspecified atom stereocenters. The van der Waals surface area contributed by atoms with E-state index in [-0.39, 0.29) is 24.0 Å². The summed E-state index contributed by atoms with van der Waals surface area (Å²) in [6.45, 7) is 6.74. The van der Waals surface area contributed by atoms with E-state index >= 15 is 0 Å². The monoisotopic (exact) mass is 458 g/mol. The van der Waals surface area contributed by atoms with Crippen molar-refractivity contribution in [1.82, 2.24) is 15.5 Å². The third kappa shape index (κ3) is 10.7. The molecule has 0 aromatic rings. The average molecular weight is 458 g/mol. The van der Waals surface area contributed by atoms with Crippen LogP contribution in [0.1, 0.15) is 32.6 Å². The number of halogens is 1. The molecule has 138 valence electrons. The molecule has 0 heterocycles. The molecule has 0 spiro atoms. The van der Waals surface area contributed by atoms with Gasteiger partial charge < -0.3 is 20.3 Å². The largest absolute Gasteiger partial charge is 0.383 e. The Kier molecular flexibility index (Phi) is 14.8. The molecule has 1 fully saturated rings. The number of rotatable bonds is 10. The van der Waals surface area contributed by atoms with Gasteiger partial charge in [0.2, 0.25) is 0 Å². The Morgan fingerprint density at radius 3 is 2.74 bits per heavy atom. The van der Waals surface area contributed by atoms with Crippen molar-refractivity contribution >= 4 is 41.7 Å². The molecule has 0 aromatic carbocycles. The number of likely N-dealkylation sites (N-methyl/N-ethyl adjacent to an activating group) is 1. The summed E-state index contributed by atoms with van der Waals surface area (Å²) < 4.78 is 5.09. The van der Waals surface area contributed by atoms with Crippen LogP contribution in [0.25, 0.3) is 0 Å². The first-order valence-electron chi connectivity index (χ1n) is 8.44. The van der Waals surface area contributed by atoms with E-state index < -0.39 is 0 Å². The zero-order valence-corrected chi connectivity index (χ0v) is 18.3. The van der Waals surface area contributed by atoms with Gasteiger partial charge in [-0.3, -0.25) is 4.99 Å². The van der Waals surface area contributed by atoms with Crippen LogP contribution in [-0.2, 0) is 4.74 Å². The first-order valence-corrected chi connectivity index (χ1v) is 9.73. The molecule has 23 heavy (non-hydrogen) atoms. The van der Waals surface area contributed by atoms with Crippen LogP contribution in [0.4, 0.5) is 0 Å². The molecule has 0 aliphatic heterocycles. The van der Waals surface area contributed by atoms with Gasteiger partial charge in [-0.1, -0.05) is 0 Å². The minimum absolute atomic E-state index is 0. The molecule has 7 heteroatoms. The number of thioether (sulfide) groups is 1. The molecule has 0 radical (unpaired) electrons. The fraction of sp³-hybridized carbons (Fsp3) is 0.938. The zero-order valence-electron chi connectivity index (χ0n) is 15.1. The summed E-state index contributed by atoms with van der Waals surface area (Å²) in [5.41, 5.74) is 0. The fourth-order valence-corrected chi connectivity index (χ4v) is 3.49. The lowest BCUT2D eigenvalue weighted by atomic mass is 10.2. The van der Waals surface area contributed by atoms with Gasteiger partial charge in [0.25, 0.3) is 0 Å². The van der Waals surface area contributed by atoms with Crippen LogP contribution in [0.2, 0.25) is 0 Å². The minimum Gasteiger partial charge on any atom is -0.383 e. The van der Waals surface area contributed by atoms with Gasteiger partial charge in [-0.15, -0.1) is 24.0 Å². The molecular weight excluding hydrogens is 423 g/mol. The van der Waals surface area contributed by atoms with Gasteiger partial charge in [-0.05, 0) is 52.5 Å². The van der Waals surface area contributed by atoms with Gasteiger partial charge in [0.15, 0.2) is 5.96 Å². The first-order chi connectivity index (χ1) is 10.7. The Morgan fingerprint density at radius 1 is 1.35 bits per heavy atom. The van der Waals surface area contributed by atoms with E-state index in [1.807, 2.05) is 11.8 Å². The Balaban J connectivity index is 0.00000484. The Hall–Kier alpha value is 0.270. The van der Waals surface area contributed by atoms with Crippen LogP contribution >= 0.6 is 35.7 Å². The van der Waals surface area contributed by atoms with E-state index in [1.54, 1.807) is 7.11 Å². The second-order valence-corrected chi connectivity index (χ2v) is 7.06. The van der Waals surface area contributed by atoms with Crippen LogP contribution < -0.4 is 10.6 Å². The predicted molar refractivity (Wildman–Crippen MR) is 113 cm³/mol. The average Bonchev–Trinajstić information content (AvgIpc) is 2.97. The molecular formula is C16H35IN4OS. The highest BCUT2D eigenvalue weighted by atomic mass is 127. The smallest absolute Gasteiger partial charge is 0.191 e. The molecule has 5 nitrogen and oxygen atoms in total. The maximum Gasteiger partial charge on any atom is 0.191 e. The number of hydrogen-bond acceptors (Lipinski definition) is 4. The van der Waals surface area contributed by atoms with Crippen molar-refractivity contribution in [2.45, 2.75) is 43.9 Å². The van der Waals surface area contributed by atoms with Gasteiger partial charge in [0, 0.05) is 38.0 Å². The van der Waals surface area contributed by atoms with Crippen molar-refractivity contribution in [3.8, 4) is 0 Å². The quantitative estimate of drug-likeness (QED) is 0.228. The standard InChI is InChI=1S/C16H34N4OS.HI/c1-5-17-16(19-14-7-8-15(13-14)22-4)18-9-6-10-20(2)11-12-21-3;/h14-15H,5-13H2,1-4H3,(H2,17,18,19);1H. The minimum atomic E-state index is 0. The molecule has 1 rings (SSSR count). The van der Waals surface area contributed by atoms with Crippen molar-refractivity contribution < 1.29 is 4.74 Å². The number of guanidine groups is 1. The summed E-state index contributed by atoms with van der Waals surface area (Å²) in [5, 5.41) is 7.77. The molecule has 0 saturated heterocycles. The fourth-order valence-electron chi connectivity index (χ4n) is 2.69. The molecule has 0 amide bonds. The maximum atomic E-state index is 5.09. The summed E-state index contributed by atoms with van der Waals surface area (Å²) in [4.78, 5) is 7.00. The van der Waals surface area contributed by atoms with Crippen LogP contribution in [0.15, 0.2) is 4.99 Å². The van der Waals surface area contributed by atoms with Crippen LogP contribution in [0, 0.1) is 0 Å². The first kappa shape index (κ1) is 23.3. The molecule has 2 N–H and O–H groups in total. The van der Waals surface area contributed by atoms with Gasteiger partial charge in [-0.2, -0.15) is 11.8 Å². The highest BCUT2D eigenvalue weighted by Crippen LogP contribution is 2.27. The summed E-state index contributed by atoms with van der Waals surface area (Å²) >= 11 is 1.99. The molecule has 1 saturated carbocycles. The van der Waals surface area contributed by atoms with Gasteiger partial charge in [0.05, 0.1) is 6.61 Å². The van der Waals surface area contributed by atoms with E-state index in [9.17, 15) is 0 Å². The van der Waals surface area contributed by atoms with E-state index in [1.165, 1.54) is 19.3 Å². The van der Waals surface area contributed by atoms with Gasteiger partial charge >= 0.3 is 0 Å². The van der Waals surface area contributed by atoms with Crippen LogP contribution in [-0.4, -0.2) is 75.4 Å². The lowest BCUT2D eigenvalue weighted by Crippen LogP contribution is -2.42. The molecule has 0 bridgehead atoms. The Labute approximate surface area is 163 Å². The zero-order chi connectivity index (χ0) is 16.2. The van der Waals surface area contributed by atoms with Crippen molar-refractivity contribution in [2.75, 3.05) is 53.2 Å². The molecule has 1 aliphatic carbocycles. The highest BCUT2D eigenvalue weighted by molar-refractivity contribution is 14.0. The number of nitrogens with one attached hydrogen (secondary N) is 2. The van der Waals surface area contributed by atoms with E-state index in [4.69, 9.17) is 9.73 Å². The number of nitrogens with zero attached hydrogens (tertiary/aromatic N) is 2. The summed E-state index contributed by atoms with van der Waals surface area (Å²) in [7, 11) is 3.88. The maximum absolute atomic E-state index is 5.09. The molecule has 0 aromatic heterocycles. The highest BCUT2D eigenvalue weighted by Gasteiger charge is 2.24. The van der Waals surface area contributed by atoms with E-state index in [2.05, 4.69) is 35.8 Å². The summed E-state index contributed by atoms with van der Waals surface area (Å²) in [6, 6.07) is 0.583. The van der Waals surface area contributed by atoms with Crippen molar-refractivity contribution in [3.05, 3.63) is 0 Å². The Morgan fingerprint density at radius 2 is 2.13 bits per heavy atom. The number of ether oxygens (including phenoxy) is 1. The molecule has 2 atom stereocenters. The van der Waals surface area contributed by atoms with Crippen molar-refractivity contribution in [1.29, 1.82) is 0 Å². The lowest BCUT2D eigenvalue weighted by Gasteiger charge is -2.18. The van der Waals surface area contributed by atoms with E-state index in [0.717, 1.165) is 50.4 Å². The van der Waals surface area contributed by atoms with E-state index in [0.29, 0.717) is 6.04 Å². The number of hydrogen-bond donors (Lipinski definition) is 2. The normalized spacial score (nSPS) is 21.3. The second kappa shape index (κ2) is 14.6. The number of aliphatic imine (C=N–C) groups is 1. The van der Waals surface area contributed by atoms with Crippen molar-refractivity contribution in [2.24, 2.45) is 4.99 Å².